The third-order valence-electron chi connectivity index (χ3n) is 4.30. The first kappa shape index (κ1) is 21.1. The summed E-state index contributed by atoms with van der Waals surface area (Å²) >= 11 is 0. The highest BCUT2D eigenvalue weighted by molar-refractivity contribution is 5.90. The summed E-state index contributed by atoms with van der Waals surface area (Å²) in [5.74, 6) is 0.874. The molecule has 0 N–H and O–H groups in total. The highest BCUT2D eigenvalue weighted by Gasteiger charge is 2.21. The quantitative estimate of drug-likeness (QED) is 0.333. The van der Waals surface area contributed by atoms with Crippen molar-refractivity contribution in [2.45, 2.75) is 85.7 Å². The lowest BCUT2D eigenvalue weighted by Crippen LogP contribution is -2.27. The van der Waals surface area contributed by atoms with Crippen LogP contribution < -0.4 is 0 Å². The fourth-order valence-electron chi connectivity index (χ4n) is 2.53. The molecule has 2 nitrogen and oxygen atoms in total. The topological polar surface area (TPSA) is 26.3 Å². The van der Waals surface area contributed by atoms with Gasteiger partial charge in [-0.3, -0.25) is 4.79 Å². The molecule has 2 atom stereocenters. The van der Waals surface area contributed by atoms with Crippen LogP contribution in [0.5, 0.6) is 0 Å². The zero-order chi connectivity index (χ0) is 17.0. The van der Waals surface area contributed by atoms with Crippen LogP contribution in [0.1, 0.15) is 80.1 Å². The molecule has 0 saturated heterocycles. The van der Waals surface area contributed by atoms with Gasteiger partial charge in [-0.1, -0.05) is 45.8 Å². The summed E-state index contributed by atoms with van der Waals surface area (Å²) in [7, 11) is 0. The van der Waals surface area contributed by atoms with Crippen molar-refractivity contribution in [3.63, 3.8) is 0 Å². The zero-order valence-corrected chi connectivity index (χ0v) is 15.6. The largest absolute Gasteiger partial charge is 0.376 e. The van der Waals surface area contributed by atoms with E-state index in [2.05, 4.69) is 39.8 Å². The van der Waals surface area contributed by atoms with Crippen LogP contribution >= 0.6 is 0 Å². The molecule has 0 aliphatic rings. The van der Waals surface area contributed by atoms with Crippen LogP contribution in [0.4, 0.5) is 0 Å². The minimum atomic E-state index is 0.0458. The van der Waals surface area contributed by atoms with Gasteiger partial charge in [0.15, 0.2) is 5.78 Å². The second-order valence-electron chi connectivity index (χ2n) is 6.58. The molecule has 0 radical (unpaired) electrons. The van der Waals surface area contributed by atoms with E-state index in [0.29, 0.717) is 12.3 Å². The van der Waals surface area contributed by atoms with Crippen LogP contribution in [-0.4, -0.2) is 18.0 Å². The zero-order valence-electron chi connectivity index (χ0n) is 15.6. The van der Waals surface area contributed by atoms with Crippen LogP contribution in [0.15, 0.2) is 23.8 Å². The summed E-state index contributed by atoms with van der Waals surface area (Å²) in [6.07, 6.45) is 12.3. The second-order valence-corrected chi connectivity index (χ2v) is 6.58. The lowest BCUT2D eigenvalue weighted by atomic mass is 9.92. The Bertz CT molecular complexity index is 368. The molecule has 0 aromatic heterocycles. The molecule has 0 aromatic carbocycles. The van der Waals surface area contributed by atoms with Gasteiger partial charge >= 0.3 is 0 Å². The predicted molar refractivity (Wildman–Crippen MR) is 96.1 cm³/mol. The van der Waals surface area contributed by atoms with E-state index in [1.165, 1.54) is 12.8 Å². The van der Waals surface area contributed by atoms with Gasteiger partial charge in [0, 0.05) is 13.0 Å². The maximum atomic E-state index is 11.3. The summed E-state index contributed by atoms with van der Waals surface area (Å²) in [6.45, 7) is 13.5. The van der Waals surface area contributed by atoms with Crippen molar-refractivity contribution in [1.29, 1.82) is 0 Å². The fraction of sp³-hybridized carbons (Fsp3) is 0.750. The number of ether oxygens (including phenoxy) is 1. The van der Waals surface area contributed by atoms with Crippen LogP contribution in [0.25, 0.3) is 0 Å². The van der Waals surface area contributed by atoms with Crippen molar-refractivity contribution in [3.8, 4) is 0 Å². The third kappa shape index (κ3) is 9.94. The third-order valence-corrected chi connectivity index (χ3v) is 4.30. The summed E-state index contributed by atoms with van der Waals surface area (Å²) in [5, 5.41) is 0. The molecule has 0 spiro atoms. The maximum absolute atomic E-state index is 11.3. The Morgan fingerprint density at radius 3 is 2.50 bits per heavy atom. The van der Waals surface area contributed by atoms with Gasteiger partial charge in [0.1, 0.15) is 0 Å². The molecule has 0 amide bonds. The van der Waals surface area contributed by atoms with Crippen molar-refractivity contribution < 1.29 is 9.53 Å². The van der Waals surface area contributed by atoms with E-state index < -0.39 is 0 Å². The lowest BCUT2D eigenvalue weighted by Gasteiger charge is -2.28. The van der Waals surface area contributed by atoms with Gasteiger partial charge in [0.2, 0.25) is 0 Å². The van der Waals surface area contributed by atoms with E-state index in [1.807, 2.05) is 13.8 Å². The molecule has 0 rings (SSSR count). The molecule has 128 valence electrons. The number of hydrogen-bond donors (Lipinski definition) is 0. The molecule has 0 saturated carbocycles. The van der Waals surface area contributed by atoms with Gasteiger partial charge in [-0.2, -0.15) is 0 Å². The van der Waals surface area contributed by atoms with Crippen molar-refractivity contribution in [3.05, 3.63) is 23.8 Å². The fourth-order valence-corrected chi connectivity index (χ4v) is 2.53. The summed E-state index contributed by atoms with van der Waals surface area (Å²) in [5.41, 5.74) is 1.10. The second kappa shape index (κ2) is 11.6. The highest BCUT2D eigenvalue weighted by atomic mass is 16.5. The first-order valence-corrected chi connectivity index (χ1v) is 8.88. The molecular weight excluding hydrogens is 272 g/mol. The predicted octanol–water partition coefficient (Wildman–Crippen LogP) is 5.87. The standard InChI is InChI=1S/C20H36O2/c1-7-19(21)16-18(5)13-10-12-17(4)14-11-15-20(6,8-2)22-9-3/h10,13,16-17H,7-9,11-12,14-15H2,1-6H3. The van der Waals surface area contributed by atoms with Crippen molar-refractivity contribution in [2.24, 2.45) is 5.92 Å². The van der Waals surface area contributed by atoms with E-state index in [1.54, 1.807) is 6.08 Å². The van der Waals surface area contributed by atoms with Crippen molar-refractivity contribution in [1.82, 2.24) is 0 Å². The van der Waals surface area contributed by atoms with E-state index in [4.69, 9.17) is 4.74 Å². The van der Waals surface area contributed by atoms with Gasteiger partial charge in [0.05, 0.1) is 5.60 Å². The Kier molecular flexibility index (Phi) is 11.2. The first-order valence-electron chi connectivity index (χ1n) is 8.88. The molecule has 2 heteroatoms. The average Bonchev–Trinajstić information content (AvgIpc) is 2.47. The van der Waals surface area contributed by atoms with Gasteiger partial charge in [0.25, 0.3) is 0 Å². The Labute approximate surface area is 138 Å². The molecule has 0 heterocycles. The number of carbonyl (C=O) groups is 1. The van der Waals surface area contributed by atoms with Gasteiger partial charge in [-0.05, 0) is 57.6 Å². The number of rotatable bonds is 12. The normalized spacial score (nSPS) is 16.7. The summed E-state index contributed by atoms with van der Waals surface area (Å²) in [4.78, 5) is 11.3. The maximum Gasteiger partial charge on any atom is 0.155 e. The summed E-state index contributed by atoms with van der Waals surface area (Å²) < 4.78 is 5.87. The molecule has 0 fully saturated rings. The van der Waals surface area contributed by atoms with Crippen LogP contribution in [0, 0.1) is 5.92 Å². The Hall–Kier alpha value is -0.890. The SMILES string of the molecule is CCOC(C)(CC)CCCC(C)CC=CC(C)=CC(=O)CC. The molecule has 22 heavy (non-hydrogen) atoms. The van der Waals surface area contributed by atoms with E-state index >= 15 is 0 Å². The van der Waals surface area contributed by atoms with Gasteiger partial charge < -0.3 is 4.74 Å². The monoisotopic (exact) mass is 308 g/mol. The number of carbonyl (C=O) groups excluding carboxylic acids is 1. The minimum absolute atomic E-state index is 0.0458. The van der Waals surface area contributed by atoms with E-state index in [0.717, 1.165) is 31.4 Å². The molecule has 0 aromatic rings. The molecule has 0 bridgehead atoms. The number of allylic oxidation sites excluding steroid dienone is 4. The average molecular weight is 309 g/mol. The number of hydrogen-bond acceptors (Lipinski definition) is 2. The molecule has 2 unspecified atom stereocenters. The highest BCUT2D eigenvalue weighted by Crippen LogP contribution is 2.24. The molecular formula is C20H36O2. The van der Waals surface area contributed by atoms with Gasteiger partial charge in [-0.25, -0.2) is 0 Å². The van der Waals surface area contributed by atoms with Crippen molar-refractivity contribution >= 4 is 5.78 Å². The van der Waals surface area contributed by atoms with E-state index in [-0.39, 0.29) is 11.4 Å². The van der Waals surface area contributed by atoms with E-state index in [9.17, 15) is 4.79 Å². The van der Waals surface area contributed by atoms with Crippen LogP contribution in [0.3, 0.4) is 0 Å². The van der Waals surface area contributed by atoms with Crippen LogP contribution in [0.2, 0.25) is 0 Å². The number of ketones is 1. The Balaban J connectivity index is 4.07. The Morgan fingerprint density at radius 2 is 1.95 bits per heavy atom. The van der Waals surface area contributed by atoms with Crippen LogP contribution in [-0.2, 0) is 9.53 Å². The van der Waals surface area contributed by atoms with Gasteiger partial charge in [-0.15, -0.1) is 0 Å². The lowest BCUT2D eigenvalue weighted by molar-refractivity contribution is -0.114. The first-order chi connectivity index (χ1) is 10.4. The van der Waals surface area contributed by atoms with Crippen molar-refractivity contribution in [2.75, 3.05) is 6.61 Å². The minimum Gasteiger partial charge on any atom is -0.376 e. The molecule has 0 aliphatic carbocycles. The smallest absolute Gasteiger partial charge is 0.155 e. The Morgan fingerprint density at radius 1 is 1.27 bits per heavy atom. The summed E-state index contributed by atoms with van der Waals surface area (Å²) in [6, 6.07) is 0. The molecule has 0 aliphatic heterocycles.